The summed E-state index contributed by atoms with van der Waals surface area (Å²) in [4.78, 5) is 14.5. The van der Waals surface area contributed by atoms with Gasteiger partial charge < -0.3 is 14.6 Å². The molecule has 0 atom stereocenters. The number of ether oxygens (including phenoxy) is 1. The molecule has 0 aliphatic carbocycles. The Morgan fingerprint density at radius 3 is 2.54 bits per heavy atom. The maximum Gasteiger partial charge on any atom is 0.417 e. The summed E-state index contributed by atoms with van der Waals surface area (Å²) in [6, 6.07) is 6.47. The first-order valence-corrected chi connectivity index (χ1v) is 7.30. The highest BCUT2D eigenvalue weighted by Crippen LogP contribution is 2.38. The molecule has 0 aliphatic heterocycles. The number of alkyl halides is 3. The van der Waals surface area contributed by atoms with E-state index < -0.39 is 17.7 Å². The van der Waals surface area contributed by atoms with Crippen LogP contribution in [0.2, 0.25) is 0 Å². The first kappa shape index (κ1) is 17.8. The maximum absolute atomic E-state index is 13.3. The van der Waals surface area contributed by atoms with Crippen LogP contribution in [0.1, 0.15) is 24.5 Å². The first-order valence-electron chi connectivity index (χ1n) is 7.30. The highest BCUT2D eigenvalue weighted by Gasteiger charge is 2.34. The molecule has 0 saturated carbocycles. The zero-order chi connectivity index (χ0) is 17.7. The molecule has 7 heteroatoms. The van der Waals surface area contributed by atoms with Crippen molar-refractivity contribution in [3.63, 3.8) is 0 Å². The Morgan fingerprint density at radius 1 is 1.25 bits per heavy atom. The largest absolute Gasteiger partial charge is 0.550 e. The number of carbonyl (C=O) groups excluding carboxylic acids is 1. The molecule has 1 aromatic heterocycles. The zero-order valence-corrected chi connectivity index (χ0v) is 12.9. The third kappa shape index (κ3) is 4.47. The van der Waals surface area contributed by atoms with E-state index in [-0.39, 0.29) is 23.4 Å². The highest BCUT2D eigenvalue weighted by molar-refractivity contribution is 5.69. The minimum absolute atomic E-state index is 0.0913. The summed E-state index contributed by atoms with van der Waals surface area (Å²) in [5, 5.41) is 10.5. The summed E-state index contributed by atoms with van der Waals surface area (Å²) in [5.74, 6) is -1.14. The topological polar surface area (TPSA) is 62.2 Å². The van der Waals surface area contributed by atoms with Crippen LogP contribution in [0.15, 0.2) is 36.5 Å². The number of pyridine rings is 1. The summed E-state index contributed by atoms with van der Waals surface area (Å²) in [6.45, 7) is 2.18. The van der Waals surface area contributed by atoms with Crippen molar-refractivity contribution in [3.8, 4) is 17.0 Å². The fourth-order valence-electron chi connectivity index (χ4n) is 2.15. The molecule has 128 valence electrons. The van der Waals surface area contributed by atoms with Crippen LogP contribution in [-0.4, -0.2) is 17.6 Å². The number of halogens is 3. The number of benzene rings is 1. The van der Waals surface area contributed by atoms with Gasteiger partial charge >= 0.3 is 6.18 Å². The quantitative estimate of drug-likeness (QED) is 0.812. The fraction of sp³-hybridized carbons (Fsp3) is 0.294. The van der Waals surface area contributed by atoms with Gasteiger partial charge in [0.1, 0.15) is 5.75 Å². The minimum atomic E-state index is -4.56. The van der Waals surface area contributed by atoms with E-state index >= 15 is 0 Å². The van der Waals surface area contributed by atoms with Crippen molar-refractivity contribution in [2.45, 2.75) is 25.9 Å². The van der Waals surface area contributed by atoms with Gasteiger partial charge in [-0.05, 0) is 36.2 Å². The molecule has 0 saturated heterocycles. The zero-order valence-electron chi connectivity index (χ0n) is 12.9. The van der Waals surface area contributed by atoms with E-state index in [1.165, 1.54) is 30.5 Å². The Hall–Kier alpha value is -2.57. The second kappa shape index (κ2) is 7.33. The van der Waals surface area contributed by atoms with Gasteiger partial charge in [-0.15, -0.1) is 0 Å². The molecule has 0 amide bonds. The molecule has 0 unspecified atom stereocenters. The van der Waals surface area contributed by atoms with Gasteiger partial charge in [-0.1, -0.05) is 13.0 Å². The van der Waals surface area contributed by atoms with Gasteiger partial charge in [-0.2, -0.15) is 13.2 Å². The summed E-state index contributed by atoms with van der Waals surface area (Å²) in [6.07, 6.45) is -2.99. The molecule has 1 heterocycles. The summed E-state index contributed by atoms with van der Waals surface area (Å²) in [7, 11) is 0. The molecule has 0 aliphatic rings. The Labute approximate surface area is 136 Å². The number of carboxylic acids is 1. The van der Waals surface area contributed by atoms with E-state index in [1.807, 2.05) is 6.92 Å². The highest BCUT2D eigenvalue weighted by atomic mass is 19.4. The number of carbonyl (C=O) groups is 1. The minimum Gasteiger partial charge on any atom is -0.550 e. The van der Waals surface area contributed by atoms with Crippen LogP contribution in [0.4, 0.5) is 13.2 Å². The van der Waals surface area contributed by atoms with E-state index in [2.05, 4.69) is 4.98 Å². The fourth-order valence-corrected chi connectivity index (χ4v) is 2.15. The number of aromatic nitrogens is 1. The molecule has 0 spiro atoms. The van der Waals surface area contributed by atoms with Gasteiger partial charge in [0.25, 0.3) is 0 Å². The summed E-state index contributed by atoms with van der Waals surface area (Å²) < 4.78 is 45.2. The number of hydrogen-bond acceptors (Lipinski definition) is 4. The molecular weight excluding hydrogens is 323 g/mol. The first-order chi connectivity index (χ1) is 11.3. The van der Waals surface area contributed by atoms with Crippen molar-refractivity contribution in [1.29, 1.82) is 0 Å². The Bertz CT molecular complexity index is 712. The molecule has 4 nitrogen and oxygen atoms in total. The van der Waals surface area contributed by atoms with E-state index in [4.69, 9.17) is 4.74 Å². The molecule has 1 aromatic carbocycles. The van der Waals surface area contributed by atoms with E-state index in [1.54, 1.807) is 0 Å². The summed E-state index contributed by atoms with van der Waals surface area (Å²) in [5.41, 5.74) is -0.482. The van der Waals surface area contributed by atoms with Crippen LogP contribution in [0, 0.1) is 0 Å². The van der Waals surface area contributed by atoms with Crippen molar-refractivity contribution in [2.75, 3.05) is 6.61 Å². The average Bonchev–Trinajstić information content (AvgIpc) is 2.52. The standard InChI is InChI=1S/C17H16F3NO3/c1-2-7-24-12-4-5-13(14(9-12)17(18,19)20)15-6-3-11(10-21-15)8-16(22)23/h3-6,9-10H,2,7-8H2,1H3,(H,22,23)/p-1. The van der Waals surface area contributed by atoms with Crippen molar-refractivity contribution in [2.24, 2.45) is 0 Å². The monoisotopic (exact) mass is 338 g/mol. The van der Waals surface area contributed by atoms with Crippen molar-refractivity contribution in [1.82, 2.24) is 4.98 Å². The molecular formula is C17H15F3NO3-. The third-order valence-corrected chi connectivity index (χ3v) is 3.22. The SMILES string of the molecule is CCCOc1ccc(-c2ccc(CC(=O)[O-])cn2)c(C(F)(F)F)c1. The Morgan fingerprint density at radius 2 is 2.00 bits per heavy atom. The van der Waals surface area contributed by atoms with E-state index in [9.17, 15) is 23.1 Å². The van der Waals surface area contributed by atoms with Crippen LogP contribution >= 0.6 is 0 Å². The van der Waals surface area contributed by atoms with Crippen molar-refractivity contribution >= 4 is 5.97 Å². The second-order valence-corrected chi connectivity index (χ2v) is 5.15. The number of nitrogens with zero attached hydrogens (tertiary/aromatic N) is 1. The van der Waals surface area contributed by atoms with Crippen LogP contribution in [0.5, 0.6) is 5.75 Å². The number of carboxylic acid groups (broad SMARTS) is 1. The van der Waals surface area contributed by atoms with Crippen LogP contribution in [0.3, 0.4) is 0 Å². The predicted molar refractivity (Wildman–Crippen MR) is 79.2 cm³/mol. The normalized spacial score (nSPS) is 11.3. The molecule has 2 aromatic rings. The van der Waals surface area contributed by atoms with Crippen molar-refractivity contribution < 1.29 is 27.8 Å². The third-order valence-electron chi connectivity index (χ3n) is 3.22. The van der Waals surface area contributed by atoms with E-state index in [0.717, 1.165) is 6.07 Å². The number of hydrogen-bond donors (Lipinski definition) is 0. The average molecular weight is 338 g/mol. The van der Waals surface area contributed by atoms with Gasteiger partial charge in [0, 0.05) is 24.2 Å². The maximum atomic E-state index is 13.3. The lowest BCUT2D eigenvalue weighted by Crippen LogP contribution is -2.24. The van der Waals surface area contributed by atoms with E-state index in [0.29, 0.717) is 18.6 Å². The predicted octanol–water partition coefficient (Wildman–Crippen LogP) is 2.85. The Balaban J connectivity index is 2.39. The smallest absolute Gasteiger partial charge is 0.417 e. The molecule has 2 rings (SSSR count). The lowest BCUT2D eigenvalue weighted by Gasteiger charge is -2.15. The van der Waals surface area contributed by atoms with Crippen LogP contribution in [-0.2, 0) is 17.4 Å². The number of rotatable bonds is 6. The lowest BCUT2D eigenvalue weighted by molar-refractivity contribution is -0.304. The molecule has 0 radical (unpaired) electrons. The molecule has 0 fully saturated rings. The van der Waals surface area contributed by atoms with Gasteiger partial charge in [0.15, 0.2) is 0 Å². The van der Waals surface area contributed by atoms with Crippen LogP contribution < -0.4 is 9.84 Å². The van der Waals surface area contributed by atoms with Gasteiger partial charge in [-0.25, -0.2) is 0 Å². The van der Waals surface area contributed by atoms with Crippen LogP contribution in [0.25, 0.3) is 11.3 Å². The molecule has 0 bridgehead atoms. The lowest BCUT2D eigenvalue weighted by atomic mass is 10.0. The van der Waals surface area contributed by atoms with Gasteiger partial charge in [-0.3, -0.25) is 4.98 Å². The van der Waals surface area contributed by atoms with Gasteiger partial charge in [0.05, 0.1) is 17.9 Å². The second-order valence-electron chi connectivity index (χ2n) is 5.15. The summed E-state index contributed by atoms with van der Waals surface area (Å²) >= 11 is 0. The van der Waals surface area contributed by atoms with Crippen molar-refractivity contribution in [3.05, 3.63) is 47.7 Å². The number of aliphatic carboxylic acids is 1. The molecule has 24 heavy (non-hydrogen) atoms. The Kier molecular flexibility index (Phi) is 5.43. The molecule has 0 N–H and O–H groups in total. The van der Waals surface area contributed by atoms with Gasteiger partial charge in [0.2, 0.25) is 0 Å².